The van der Waals surface area contributed by atoms with Gasteiger partial charge in [0.25, 0.3) is 0 Å². The number of aryl methyl sites for hydroxylation is 4. The fraction of sp³-hybridized carbons (Fsp3) is 0.296. The van der Waals surface area contributed by atoms with Gasteiger partial charge in [-0.25, -0.2) is 0 Å². The molecule has 1 aliphatic rings. The number of hydrogen-bond acceptors (Lipinski definition) is 6. The lowest BCUT2D eigenvalue weighted by atomic mass is 9.62. The molecule has 0 unspecified atom stereocenters. The summed E-state index contributed by atoms with van der Waals surface area (Å²) in [7, 11) is 0. The van der Waals surface area contributed by atoms with Crippen molar-refractivity contribution in [2.75, 3.05) is 20.4 Å². The molecule has 1 fully saturated rings. The summed E-state index contributed by atoms with van der Waals surface area (Å²) >= 11 is 0. The third-order valence-electron chi connectivity index (χ3n) is 12.3. The number of nitrogens with zero attached hydrogens (tertiary/aromatic N) is 2. The molecule has 1 aliphatic carbocycles. The van der Waals surface area contributed by atoms with E-state index < -0.39 is 24.0 Å². The molecule has 320 valence electrons. The molecule has 1 saturated carbocycles. The Morgan fingerprint density at radius 2 is 0.790 bits per heavy atom. The molecule has 0 aromatic heterocycles. The highest BCUT2D eigenvalue weighted by Gasteiger charge is 2.52. The molecule has 7 rings (SSSR count). The molecule has 2 amide bonds. The second kappa shape index (κ2) is 19.7. The van der Waals surface area contributed by atoms with Crippen molar-refractivity contribution in [1.82, 2.24) is 0 Å². The summed E-state index contributed by atoms with van der Waals surface area (Å²) in [5.41, 5.74) is 12.4. The Morgan fingerprint density at radius 1 is 0.484 bits per heavy atom. The van der Waals surface area contributed by atoms with E-state index in [2.05, 4.69) is 111 Å². The highest BCUT2D eigenvalue weighted by atomic mass is 16.3. The number of benzene rings is 6. The van der Waals surface area contributed by atoms with Gasteiger partial charge in [0, 0.05) is 70.2 Å². The van der Waals surface area contributed by atoms with Crippen LogP contribution in [-0.2, 0) is 9.59 Å². The molecular weight excluding hydrogens is 769 g/mol. The number of aliphatic hydroxyl groups is 2. The molecule has 62 heavy (non-hydrogen) atoms. The van der Waals surface area contributed by atoms with Gasteiger partial charge in [-0.2, -0.15) is 0 Å². The largest absolute Gasteiger partial charge is 0.392 e. The molecule has 0 saturated heterocycles. The second-order valence-corrected chi connectivity index (χ2v) is 16.7. The minimum absolute atomic E-state index is 0.122. The van der Waals surface area contributed by atoms with Crippen LogP contribution in [-0.4, -0.2) is 34.2 Å². The summed E-state index contributed by atoms with van der Waals surface area (Å²) in [6.45, 7) is 12.4. The third-order valence-corrected chi connectivity index (χ3v) is 12.3. The molecule has 0 heterocycles. The summed E-state index contributed by atoms with van der Waals surface area (Å²) in [6.07, 6.45) is 1.90. The van der Waals surface area contributed by atoms with E-state index in [1.807, 2.05) is 84.9 Å². The lowest BCUT2D eigenvalue weighted by molar-refractivity contribution is -0.117. The van der Waals surface area contributed by atoms with Gasteiger partial charge in [0.05, 0.1) is 12.2 Å². The molecule has 8 heteroatoms. The number of unbranched alkanes of at least 4 members (excludes halogenated alkanes) is 2. The van der Waals surface area contributed by atoms with Gasteiger partial charge >= 0.3 is 0 Å². The van der Waals surface area contributed by atoms with Crippen LogP contribution in [0.5, 0.6) is 0 Å². The maximum absolute atomic E-state index is 13.5. The number of rotatable bonds is 16. The van der Waals surface area contributed by atoms with Gasteiger partial charge in [0.2, 0.25) is 11.8 Å². The maximum Gasteiger partial charge on any atom is 0.224 e. The fourth-order valence-electron chi connectivity index (χ4n) is 8.78. The summed E-state index contributed by atoms with van der Waals surface area (Å²) in [5.74, 6) is -1.66. The number of carbonyl (C=O) groups excluding carboxylic acids is 2. The zero-order valence-electron chi connectivity index (χ0n) is 36.9. The zero-order chi connectivity index (χ0) is 43.9. The Kier molecular flexibility index (Phi) is 13.9. The van der Waals surface area contributed by atoms with Crippen molar-refractivity contribution in [3.05, 3.63) is 167 Å². The first-order chi connectivity index (χ1) is 30.0. The van der Waals surface area contributed by atoms with E-state index in [-0.39, 0.29) is 11.8 Å². The van der Waals surface area contributed by atoms with Crippen molar-refractivity contribution in [3.8, 4) is 0 Å². The summed E-state index contributed by atoms with van der Waals surface area (Å²) in [4.78, 5) is 31.4. The molecule has 0 aliphatic heterocycles. The van der Waals surface area contributed by atoms with Crippen LogP contribution >= 0.6 is 0 Å². The monoisotopic (exact) mass is 828 g/mol. The van der Waals surface area contributed by atoms with Crippen molar-refractivity contribution in [2.45, 2.75) is 104 Å². The molecule has 0 bridgehead atoms. The Hall–Kier alpha value is -6.22. The van der Waals surface area contributed by atoms with Crippen LogP contribution in [0.4, 0.5) is 45.5 Å². The number of aliphatic hydroxyl groups excluding tert-OH is 2. The average Bonchev–Trinajstić information content (AvgIpc) is 3.26. The van der Waals surface area contributed by atoms with Crippen molar-refractivity contribution in [2.24, 2.45) is 0 Å². The van der Waals surface area contributed by atoms with Crippen LogP contribution in [0.25, 0.3) is 0 Å². The number of anilines is 8. The third kappa shape index (κ3) is 9.18. The molecular formula is C54H60N4O4. The lowest BCUT2D eigenvalue weighted by Gasteiger charge is -2.48. The predicted octanol–water partition coefficient (Wildman–Crippen LogP) is 12.7. The Morgan fingerprint density at radius 3 is 1.08 bits per heavy atom. The van der Waals surface area contributed by atoms with Crippen LogP contribution in [0.3, 0.4) is 0 Å². The topological polar surface area (TPSA) is 105 Å². The van der Waals surface area contributed by atoms with E-state index in [0.29, 0.717) is 35.3 Å². The number of amides is 2. The number of para-hydroxylation sites is 4. The standard InChI is InChI=1S/C54H60N4O4/c1-7-9-27-49(59)55-43-33-39(57(45-23-15-11-19-35(45)3)46-24-16-12-20-36(46)4)29-31-41(43)51-53(61)52(54(51)62)42-32-30-40(34-44(42)56-50(60)28-10-8-2)58(47-25-17-13-21-37(47)5)48-26-18-14-22-38(48)6/h11-26,29-34,51-54,61-62H,7-10,27-28H2,1-6H3,(H,55,59)(H,56,60). The van der Waals surface area contributed by atoms with Crippen molar-refractivity contribution in [1.29, 1.82) is 0 Å². The van der Waals surface area contributed by atoms with Crippen molar-refractivity contribution < 1.29 is 19.8 Å². The minimum atomic E-state index is -1.02. The first kappa shape index (κ1) is 43.9. The lowest BCUT2D eigenvalue weighted by Crippen LogP contribution is -2.52. The normalized spacial score (nSPS) is 16.9. The van der Waals surface area contributed by atoms with E-state index in [0.717, 1.165) is 82.1 Å². The summed E-state index contributed by atoms with van der Waals surface area (Å²) < 4.78 is 0. The summed E-state index contributed by atoms with van der Waals surface area (Å²) in [6, 6.07) is 44.6. The van der Waals surface area contributed by atoms with Crippen molar-refractivity contribution in [3.63, 3.8) is 0 Å². The van der Waals surface area contributed by atoms with E-state index in [1.165, 1.54) is 0 Å². The molecule has 6 aromatic rings. The fourth-order valence-corrected chi connectivity index (χ4v) is 8.78. The predicted molar refractivity (Wildman–Crippen MR) is 255 cm³/mol. The van der Waals surface area contributed by atoms with Crippen LogP contribution in [0.2, 0.25) is 0 Å². The molecule has 8 nitrogen and oxygen atoms in total. The average molecular weight is 829 g/mol. The Labute approximate surface area is 367 Å². The van der Waals surface area contributed by atoms with Crippen molar-refractivity contribution >= 4 is 57.3 Å². The van der Waals surface area contributed by atoms with E-state index in [4.69, 9.17) is 0 Å². The van der Waals surface area contributed by atoms with E-state index in [9.17, 15) is 19.8 Å². The van der Waals surface area contributed by atoms with E-state index in [1.54, 1.807) is 0 Å². The number of nitrogens with one attached hydrogen (secondary N) is 2. The highest BCUT2D eigenvalue weighted by Crippen LogP contribution is 2.53. The molecule has 0 radical (unpaired) electrons. The molecule has 0 atom stereocenters. The molecule has 0 spiro atoms. The van der Waals surface area contributed by atoms with Gasteiger partial charge in [0.1, 0.15) is 0 Å². The van der Waals surface area contributed by atoms with E-state index >= 15 is 0 Å². The SMILES string of the molecule is CCCCC(=O)Nc1cc(N(c2ccccc2C)c2ccccc2C)ccc1C1C(O)C(c2ccc(N(c3ccccc3C)c3ccccc3C)cc2NC(=O)CCCC)C1O. The maximum atomic E-state index is 13.5. The number of hydrogen-bond donors (Lipinski definition) is 4. The first-order valence-electron chi connectivity index (χ1n) is 22.1. The summed E-state index contributed by atoms with van der Waals surface area (Å²) in [5, 5.41) is 30.9. The van der Waals surface area contributed by atoms with Crippen LogP contribution in [0, 0.1) is 27.7 Å². The van der Waals surface area contributed by atoms with Gasteiger partial charge in [-0.3, -0.25) is 9.59 Å². The van der Waals surface area contributed by atoms with Gasteiger partial charge in [-0.15, -0.1) is 0 Å². The Bertz CT molecular complexity index is 2260. The highest BCUT2D eigenvalue weighted by molar-refractivity contribution is 5.95. The Balaban J connectivity index is 1.30. The molecule has 6 aromatic carbocycles. The van der Waals surface area contributed by atoms with Gasteiger partial charge < -0.3 is 30.6 Å². The minimum Gasteiger partial charge on any atom is -0.392 e. The smallest absolute Gasteiger partial charge is 0.224 e. The quantitative estimate of drug-likeness (QED) is 0.0774. The molecule has 4 N–H and O–H groups in total. The first-order valence-corrected chi connectivity index (χ1v) is 22.1. The second-order valence-electron chi connectivity index (χ2n) is 16.7. The number of carbonyl (C=O) groups is 2. The van der Waals surface area contributed by atoms with Gasteiger partial charge in [-0.05, 0) is 122 Å². The van der Waals surface area contributed by atoms with Gasteiger partial charge in [-0.1, -0.05) is 112 Å². The van der Waals surface area contributed by atoms with Crippen LogP contribution < -0.4 is 20.4 Å². The zero-order valence-corrected chi connectivity index (χ0v) is 36.9. The van der Waals surface area contributed by atoms with Crippen LogP contribution in [0.1, 0.15) is 97.6 Å². The van der Waals surface area contributed by atoms with Crippen LogP contribution in [0.15, 0.2) is 133 Å². The van der Waals surface area contributed by atoms with Gasteiger partial charge in [0.15, 0.2) is 0 Å².